The Morgan fingerprint density at radius 2 is 1.87 bits per heavy atom. The first-order valence-corrected chi connectivity index (χ1v) is 9.87. The molecule has 1 aromatic carbocycles. The Labute approximate surface area is 175 Å². The lowest BCUT2D eigenvalue weighted by Crippen LogP contribution is -2.52. The van der Waals surface area contributed by atoms with Crippen molar-refractivity contribution in [3.8, 4) is 18.2 Å². The third-order valence-electron chi connectivity index (χ3n) is 6.18. The molecule has 3 atom stereocenters. The van der Waals surface area contributed by atoms with Crippen LogP contribution in [-0.2, 0) is 6.54 Å². The predicted molar refractivity (Wildman–Crippen MR) is 110 cm³/mol. The van der Waals surface area contributed by atoms with Crippen LogP contribution in [0.3, 0.4) is 0 Å². The summed E-state index contributed by atoms with van der Waals surface area (Å²) < 4.78 is 5.87. The first-order valence-electron chi connectivity index (χ1n) is 9.87. The highest BCUT2D eigenvalue weighted by Gasteiger charge is 2.58. The fraction of sp³-hybridized carbons (Fsp3) is 0.333. The summed E-state index contributed by atoms with van der Waals surface area (Å²) in [6.07, 6.45) is 2.00. The first-order chi connectivity index (χ1) is 14.5. The second-order valence-electron chi connectivity index (χ2n) is 7.92. The van der Waals surface area contributed by atoms with Crippen LogP contribution in [0.4, 0.5) is 0 Å². The van der Waals surface area contributed by atoms with Gasteiger partial charge in [0.2, 0.25) is 0 Å². The zero-order valence-electron chi connectivity index (χ0n) is 16.7. The zero-order chi connectivity index (χ0) is 21.3. The van der Waals surface area contributed by atoms with Crippen molar-refractivity contribution in [2.45, 2.75) is 19.4 Å². The van der Waals surface area contributed by atoms with Crippen molar-refractivity contribution in [3.63, 3.8) is 0 Å². The number of hydrogen-bond donors (Lipinski definition) is 1. The van der Waals surface area contributed by atoms with Crippen LogP contribution in [0.15, 0.2) is 58.5 Å². The molecule has 1 aliphatic carbocycles. The van der Waals surface area contributed by atoms with Crippen LogP contribution >= 0.6 is 0 Å². The van der Waals surface area contributed by atoms with Gasteiger partial charge in [-0.25, -0.2) is 0 Å². The highest BCUT2D eigenvalue weighted by molar-refractivity contribution is 6.00. The quantitative estimate of drug-likeness (QED) is 0.791. The Hall–Kier alpha value is -3.66. The van der Waals surface area contributed by atoms with Crippen molar-refractivity contribution in [3.05, 3.63) is 71.2 Å². The molecule has 0 radical (unpaired) electrons. The summed E-state index contributed by atoms with van der Waals surface area (Å²) in [4.78, 5) is 2.25. The maximum atomic E-state index is 10.1. The number of nitriles is 3. The third kappa shape index (κ3) is 3.01. The molecule has 1 saturated carbocycles. The number of furan rings is 1. The van der Waals surface area contributed by atoms with Crippen LogP contribution in [0.1, 0.15) is 23.0 Å². The molecule has 1 N–H and O–H groups in total. The molecule has 148 valence electrons. The smallest absolute Gasteiger partial charge is 0.192 e. The molecule has 1 aliphatic heterocycles. The van der Waals surface area contributed by atoms with Gasteiger partial charge in [0.25, 0.3) is 0 Å². The average Bonchev–Trinajstić information content (AvgIpc) is 3.19. The normalized spacial score (nSPS) is 25.3. The number of rotatable bonds is 3. The van der Waals surface area contributed by atoms with Gasteiger partial charge in [-0.05, 0) is 30.2 Å². The van der Waals surface area contributed by atoms with Gasteiger partial charge in [0.15, 0.2) is 5.41 Å². The van der Waals surface area contributed by atoms with E-state index < -0.39 is 17.3 Å². The standard InChI is InChI=1S/C24H21N5O/c1-16-7-8-21(30-16)22-20-13-29(12-17-5-3-2-4-6-17)10-9-18(20)19(11-25)23(28)24(22,14-26)15-27/h2-9,19-20,22,28H,10,12-13H2,1H3/t19-,20+,22+/m0/s1. The summed E-state index contributed by atoms with van der Waals surface area (Å²) in [6.45, 7) is 3.78. The van der Waals surface area contributed by atoms with Crippen LogP contribution < -0.4 is 0 Å². The SMILES string of the molecule is Cc1ccc([C@H]2[C@@H]3CN(Cc4ccccc4)CC=C3[C@H](C#N)C(=N)C2(C#N)C#N)o1. The van der Waals surface area contributed by atoms with Crippen molar-refractivity contribution < 1.29 is 4.42 Å². The zero-order valence-corrected chi connectivity index (χ0v) is 16.7. The third-order valence-corrected chi connectivity index (χ3v) is 6.18. The molecule has 1 fully saturated rings. The molecule has 0 spiro atoms. The summed E-state index contributed by atoms with van der Waals surface area (Å²) in [5.41, 5.74) is 0.120. The number of benzene rings is 1. The molecule has 6 nitrogen and oxygen atoms in total. The van der Waals surface area contributed by atoms with E-state index in [1.165, 1.54) is 5.56 Å². The van der Waals surface area contributed by atoms with Crippen molar-refractivity contribution in [2.24, 2.45) is 17.3 Å². The van der Waals surface area contributed by atoms with Crippen molar-refractivity contribution in [1.82, 2.24) is 4.90 Å². The molecule has 0 bridgehead atoms. The van der Waals surface area contributed by atoms with Crippen LogP contribution in [0.25, 0.3) is 0 Å². The van der Waals surface area contributed by atoms with Crippen molar-refractivity contribution in [1.29, 1.82) is 21.2 Å². The number of hydrogen-bond acceptors (Lipinski definition) is 6. The van der Waals surface area contributed by atoms with Gasteiger partial charge in [0.05, 0.1) is 29.8 Å². The summed E-state index contributed by atoms with van der Waals surface area (Å²) in [5, 5.41) is 38.5. The summed E-state index contributed by atoms with van der Waals surface area (Å²) in [7, 11) is 0. The molecule has 0 amide bonds. The molecule has 2 aliphatic rings. The fourth-order valence-electron chi connectivity index (χ4n) is 4.76. The van der Waals surface area contributed by atoms with E-state index in [9.17, 15) is 15.8 Å². The van der Waals surface area contributed by atoms with Crippen LogP contribution in [-0.4, -0.2) is 23.7 Å². The van der Waals surface area contributed by atoms with E-state index in [1.54, 1.807) is 6.07 Å². The van der Waals surface area contributed by atoms with E-state index in [-0.39, 0.29) is 11.6 Å². The fourth-order valence-corrected chi connectivity index (χ4v) is 4.76. The highest BCUT2D eigenvalue weighted by Crippen LogP contribution is 2.53. The molecule has 1 aromatic heterocycles. The lowest BCUT2D eigenvalue weighted by atomic mass is 9.55. The summed E-state index contributed by atoms with van der Waals surface area (Å²) in [5.74, 6) is -0.546. The van der Waals surface area contributed by atoms with E-state index in [0.717, 1.165) is 12.1 Å². The van der Waals surface area contributed by atoms with Gasteiger partial charge in [-0.2, -0.15) is 15.8 Å². The number of aryl methyl sites for hydroxylation is 1. The Morgan fingerprint density at radius 1 is 1.13 bits per heavy atom. The Morgan fingerprint density at radius 3 is 2.47 bits per heavy atom. The van der Waals surface area contributed by atoms with E-state index >= 15 is 0 Å². The largest absolute Gasteiger partial charge is 0.466 e. The molecular formula is C24H21N5O. The van der Waals surface area contributed by atoms with Gasteiger partial charge < -0.3 is 9.83 Å². The minimum absolute atomic E-state index is 0.145. The number of nitrogens with zero attached hydrogens (tertiary/aromatic N) is 4. The highest BCUT2D eigenvalue weighted by atomic mass is 16.3. The summed E-state index contributed by atoms with van der Waals surface area (Å²) >= 11 is 0. The number of nitrogens with one attached hydrogen (secondary N) is 1. The lowest BCUT2D eigenvalue weighted by Gasteiger charge is -2.46. The lowest BCUT2D eigenvalue weighted by molar-refractivity contribution is 0.185. The van der Waals surface area contributed by atoms with Gasteiger partial charge in [-0.15, -0.1) is 0 Å². The minimum Gasteiger partial charge on any atom is -0.466 e. The van der Waals surface area contributed by atoms with E-state index in [2.05, 4.69) is 35.2 Å². The maximum Gasteiger partial charge on any atom is 0.192 e. The molecule has 0 saturated heterocycles. The monoisotopic (exact) mass is 395 g/mol. The van der Waals surface area contributed by atoms with Crippen molar-refractivity contribution >= 4 is 5.71 Å². The maximum absolute atomic E-state index is 10.1. The van der Waals surface area contributed by atoms with E-state index in [0.29, 0.717) is 24.6 Å². The van der Waals surface area contributed by atoms with Crippen LogP contribution in [0.2, 0.25) is 0 Å². The summed E-state index contributed by atoms with van der Waals surface area (Å²) in [6, 6.07) is 20.1. The topological polar surface area (TPSA) is 112 Å². The van der Waals surface area contributed by atoms with Crippen molar-refractivity contribution in [2.75, 3.05) is 13.1 Å². The molecule has 30 heavy (non-hydrogen) atoms. The second kappa shape index (κ2) is 7.64. The predicted octanol–water partition coefficient (Wildman–Crippen LogP) is 3.94. The van der Waals surface area contributed by atoms with E-state index in [4.69, 9.17) is 9.83 Å². The molecule has 0 unspecified atom stereocenters. The molecule has 6 heteroatoms. The van der Waals surface area contributed by atoms with Gasteiger partial charge in [0.1, 0.15) is 17.4 Å². The van der Waals surface area contributed by atoms with Gasteiger partial charge in [-0.3, -0.25) is 4.90 Å². The Kier molecular flexibility index (Phi) is 5.00. The number of fused-ring (bicyclic) bond motifs is 1. The molecular weight excluding hydrogens is 374 g/mol. The molecule has 2 aromatic rings. The van der Waals surface area contributed by atoms with Gasteiger partial charge in [-0.1, -0.05) is 36.4 Å². The Balaban J connectivity index is 1.80. The van der Waals surface area contributed by atoms with Crippen LogP contribution in [0, 0.1) is 63.6 Å². The van der Waals surface area contributed by atoms with Gasteiger partial charge >= 0.3 is 0 Å². The Bertz CT molecular complexity index is 1110. The molecule has 4 rings (SSSR count). The van der Waals surface area contributed by atoms with E-state index in [1.807, 2.05) is 37.3 Å². The average molecular weight is 395 g/mol. The van der Waals surface area contributed by atoms with Gasteiger partial charge in [0, 0.05) is 25.6 Å². The molecule has 2 heterocycles. The first kappa shape index (κ1) is 19.6. The second-order valence-corrected chi connectivity index (χ2v) is 7.92. The van der Waals surface area contributed by atoms with Crippen LogP contribution in [0.5, 0.6) is 0 Å². The minimum atomic E-state index is -1.73.